The second-order valence-corrected chi connectivity index (χ2v) is 9.70. The molecular weight excluding hydrogens is 408 g/mol. The molecule has 2 nitrogen and oxygen atoms in total. The van der Waals surface area contributed by atoms with Crippen molar-refractivity contribution in [3.63, 3.8) is 0 Å². The van der Waals surface area contributed by atoms with Crippen LogP contribution in [0.1, 0.15) is 39.2 Å². The molecule has 0 aromatic heterocycles. The van der Waals surface area contributed by atoms with Crippen molar-refractivity contribution in [3.8, 4) is 0 Å². The third kappa shape index (κ3) is 5.18. The molecule has 2 aromatic rings. The molecule has 0 aliphatic heterocycles. The predicted molar refractivity (Wildman–Crippen MR) is 112 cm³/mol. The minimum absolute atomic E-state index is 0.0591. The van der Waals surface area contributed by atoms with Crippen molar-refractivity contribution in [2.75, 3.05) is 0 Å². The molecule has 0 aliphatic rings. The number of hydrogen-bond acceptors (Lipinski definition) is 2. The highest BCUT2D eigenvalue weighted by Crippen LogP contribution is 2.30. The Balaban J connectivity index is 2.20. The molecule has 0 saturated heterocycles. The summed E-state index contributed by atoms with van der Waals surface area (Å²) < 4.78 is 26.3. The number of sulfone groups is 1. The first-order chi connectivity index (χ1) is 12.3. The summed E-state index contributed by atoms with van der Waals surface area (Å²) in [4.78, 5) is 0.624. The largest absolute Gasteiger partial charge is 0.219 e. The lowest BCUT2D eigenvalue weighted by molar-refractivity contribution is 0.533. The van der Waals surface area contributed by atoms with Crippen LogP contribution in [-0.4, -0.2) is 8.42 Å². The van der Waals surface area contributed by atoms with Crippen LogP contribution < -0.4 is 0 Å². The minimum Gasteiger partial charge on any atom is -0.219 e. The Labute approximate surface area is 165 Å². The standard InChI is InChI=1S/C22H25BrO2S/c1-4-5-6-7-8-17-22(2,3)18-9-13-20(14-10-18)26(24,25)21-15-11-19(23)12-16-21/h5-16H,4,17H2,1-3H3/b6-5-,8-7-. The molecule has 0 bridgehead atoms. The van der Waals surface area contributed by atoms with Crippen molar-refractivity contribution in [1.82, 2.24) is 0 Å². The van der Waals surface area contributed by atoms with E-state index in [1.807, 2.05) is 12.1 Å². The zero-order valence-corrected chi connectivity index (χ0v) is 17.8. The van der Waals surface area contributed by atoms with Crippen LogP contribution in [0.2, 0.25) is 0 Å². The topological polar surface area (TPSA) is 34.1 Å². The minimum atomic E-state index is -3.49. The number of halogens is 1. The predicted octanol–water partition coefficient (Wildman–Crippen LogP) is 6.47. The normalized spacial score (nSPS) is 12.9. The molecular formula is C22H25BrO2S. The number of allylic oxidation sites excluding steroid dienone is 4. The van der Waals surface area contributed by atoms with Crippen molar-refractivity contribution in [3.05, 3.63) is 82.9 Å². The Morgan fingerprint density at radius 1 is 0.885 bits per heavy atom. The lowest BCUT2D eigenvalue weighted by Crippen LogP contribution is -2.16. The molecule has 0 unspecified atom stereocenters. The molecule has 2 rings (SSSR count). The molecule has 138 valence electrons. The molecule has 0 spiro atoms. The number of hydrogen-bond donors (Lipinski definition) is 0. The third-order valence-electron chi connectivity index (χ3n) is 4.32. The van der Waals surface area contributed by atoms with E-state index >= 15 is 0 Å². The Morgan fingerprint density at radius 2 is 1.38 bits per heavy atom. The van der Waals surface area contributed by atoms with E-state index in [4.69, 9.17) is 0 Å². The first-order valence-electron chi connectivity index (χ1n) is 8.70. The molecule has 2 aromatic carbocycles. The lowest BCUT2D eigenvalue weighted by atomic mass is 9.81. The van der Waals surface area contributed by atoms with Crippen LogP contribution in [-0.2, 0) is 15.3 Å². The lowest BCUT2D eigenvalue weighted by Gasteiger charge is -2.24. The van der Waals surface area contributed by atoms with Crippen LogP contribution in [0.25, 0.3) is 0 Å². The van der Waals surface area contributed by atoms with Crippen LogP contribution in [0, 0.1) is 0 Å². The van der Waals surface area contributed by atoms with Crippen molar-refractivity contribution in [2.45, 2.75) is 48.8 Å². The van der Waals surface area contributed by atoms with E-state index in [-0.39, 0.29) is 5.41 Å². The maximum absolute atomic E-state index is 12.7. The van der Waals surface area contributed by atoms with E-state index in [0.29, 0.717) is 9.79 Å². The van der Waals surface area contributed by atoms with Gasteiger partial charge in [0.15, 0.2) is 0 Å². The first-order valence-corrected chi connectivity index (χ1v) is 11.0. The second kappa shape index (κ2) is 8.83. The molecule has 0 heterocycles. The third-order valence-corrected chi connectivity index (χ3v) is 6.63. The van der Waals surface area contributed by atoms with Crippen LogP contribution in [0.4, 0.5) is 0 Å². The summed E-state index contributed by atoms with van der Waals surface area (Å²) in [5, 5.41) is 0. The summed E-state index contributed by atoms with van der Waals surface area (Å²) in [7, 11) is -3.49. The van der Waals surface area contributed by atoms with Gasteiger partial charge in [-0.1, -0.05) is 73.1 Å². The molecule has 0 radical (unpaired) electrons. The second-order valence-electron chi connectivity index (χ2n) is 6.83. The van der Waals surface area contributed by atoms with Gasteiger partial charge in [0, 0.05) is 4.47 Å². The Morgan fingerprint density at radius 3 is 1.92 bits per heavy atom. The van der Waals surface area contributed by atoms with Crippen LogP contribution in [0.5, 0.6) is 0 Å². The van der Waals surface area contributed by atoms with Gasteiger partial charge < -0.3 is 0 Å². The molecule has 0 fully saturated rings. The summed E-state index contributed by atoms with van der Waals surface area (Å²) in [6.45, 7) is 6.44. The Bertz CT molecular complexity index is 875. The summed E-state index contributed by atoms with van der Waals surface area (Å²) in [5.41, 5.74) is 1.06. The molecule has 4 heteroatoms. The molecule has 0 saturated carbocycles. The van der Waals surface area contributed by atoms with E-state index in [9.17, 15) is 8.42 Å². The summed E-state index contributed by atoms with van der Waals surface area (Å²) in [6.07, 6.45) is 10.3. The fourth-order valence-electron chi connectivity index (χ4n) is 2.61. The number of rotatable bonds is 7. The van der Waals surface area contributed by atoms with Gasteiger partial charge in [-0.25, -0.2) is 8.42 Å². The average molecular weight is 433 g/mol. The van der Waals surface area contributed by atoms with Gasteiger partial charge in [-0.2, -0.15) is 0 Å². The quantitative estimate of drug-likeness (QED) is 0.469. The van der Waals surface area contributed by atoms with Gasteiger partial charge in [-0.3, -0.25) is 0 Å². The van der Waals surface area contributed by atoms with E-state index in [1.165, 1.54) is 0 Å². The van der Waals surface area contributed by atoms with Crippen molar-refractivity contribution >= 4 is 25.8 Å². The zero-order valence-electron chi connectivity index (χ0n) is 15.4. The highest BCUT2D eigenvalue weighted by molar-refractivity contribution is 9.10. The Hall–Kier alpha value is -1.65. The van der Waals surface area contributed by atoms with E-state index in [0.717, 1.165) is 22.9 Å². The monoisotopic (exact) mass is 432 g/mol. The van der Waals surface area contributed by atoms with Crippen molar-refractivity contribution in [1.29, 1.82) is 0 Å². The van der Waals surface area contributed by atoms with E-state index < -0.39 is 9.84 Å². The smallest absolute Gasteiger partial charge is 0.206 e. The molecule has 0 aliphatic carbocycles. The summed E-state index contributed by atoms with van der Waals surface area (Å²) in [5.74, 6) is 0. The highest BCUT2D eigenvalue weighted by Gasteiger charge is 2.21. The van der Waals surface area contributed by atoms with Gasteiger partial charge in [-0.15, -0.1) is 0 Å². The molecule has 0 N–H and O–H groups in total. The first kappa shape index (κ1) is 20.7. The van der Waals surface area contributed by atoms with Gasteiger partial charge in [-0.05, 0) is 60.2 Å². The van der Waals surface area contributed by atoms with Crippen LogP contribution in [0.3, 0.4) is 0 Å². The molecule has 26 heavy (non-hydrogen) atoms. The highest BCUT2D eigenvalue weighted by atomic mass is 79.9. The molecule has 0 atom stereocenters. The summed E-state index contributed by atoms with van der Waals surface area (Å²) >= 11 is 3.33. The van der Waals surface area contributed by atoms with Crippen LogP contribution in [0.15, 0.2) is 87.1 Å². The van der Waals surface area contributed by atoms with Gasteiger partial charge in [0.1, 0.15) is 0 Å². The maximum Gasteiger partial charge on any atom is 0.206 e. The molecule has 0 amide bonds. The number of benzene rings is 2. The maximum atomic E-state index is 12.7. The average Bonchev–Trinajstić information content (AvgIpc) is 2.62. The van der Waals surface area contributed by atoms with Gasteiger partial charge in [0.05, 0.1) is 9.79 Å². The Kier molecular flexibility index (Phi) is 7.01. The van der Waals surface area contributed by atoms with Gasteiger partial charge in [0.2, 0.25) is 9.84 Å². The SMILES string of the molecule is CC/C=C\C=C/CC(C)(C)c1ccc(S(=O)(=O)c2ccc(Br)cc2)cc1. The van der Waals surface area contributed by atoms with Crippen LogP contribution >= 0.6 is 15.9 Å². The van der Waals surface area contributed by atoms with Crippen molar-refractivity contribution in [2.24, 2.45) is 0 Å². The zero-order chi connectivity index (χ0) is 19.2. The fraction of sp³-hybridized carbons (Fsp3) is 0.273. The van der Waals surface area contributed by atoms with E-state index in [1.54, 1.807) is 36.4 Å². The van der Waals surface area contributed by atoms with E-state index in [2.05, 4.69) is 61.0 Å². The fourth-order valence-corrected chi connectivity index (χ4v) is 4.13. The summed E-state index contributed by atoms with van der Waals surface area (Å²) in [6, 6.07) is 14.0. The van der Waals surface area contributed by atoms with Gasteiger partial charge in [0.25, 0.3) is 0 Å². The van der Waals surface area contributed by atoms with Crippen molar-refractivity contribution < 1.29 is 8.42 Å². The van der Waals surface area contributed by atoms with Gasteiger partial charge >= 0.3 is 0 Å².